The first-order valence-electron chi connectivity index (χ1n) is 6.07. The number of ether oxygens (including phenoxy) is 1. The van der Waals surface area contributed by atoms with Crippen LogP contribution >= 0.6 is 0 Å². The van der Waals surface area contributed by atoms with E-state index in [-0.39, 0.29) is 12.4 Å². The van der Waals surface area contributed by atoms with Gasteiger partial charge in [-0.15, -0.1) is 6.58 Å². The Morgan fingerprint density at radius 1 is 1.42 bits per heavy atom. The van der Waals surface area contributed by atoms with Crippen LogP contribution in [0.1, 0.15) is 6.92 Å². The summed E-state index contributed by atoms with van der Waals surface area (Å²) in [6.07, 6.45) is 1.57. The topological polar surface area (TPSA) is 72.6 Å². The monoisotopic (exact) mass is 284 g/mol. The Kier molecular flexibility index (Phi) is 5.85. The number of para-hydroxylation sites is 2. The summed E-state index contributed by atoms with van der Waals surface area (Å²) >= 11 is 0. The van der Waals surface area contributed by atoms with Gasteiger partial charge in [-0.3, -0.25) is 0 Å². The Morgan fingerprint density at radius 3 is 2.68 bits per heavy atom. The summed E-state index contributed by atoms with van der Waals surface area (Å²) in [5.74, 6) is 0.424. The molecule has 0 radical (unpaired) electrons. The normalized spacial score (nSPS) is 11.5. The molecule has 0 bridgehead atoms. The van der Waals surface area contributed by atoms with Crippen LogP contribution in [0.25, 0.3) is 0 Å². The predicted molar refractivity (Wildman–Crippen MR) is 77.6 cm³/mol. The van der Waals surface area contributed by atoms with Gasteiger partial charge in [0.2, 0.25) is 10.0 Å². The highest BCUT2D eigenvalue weighted by Gasteiger charge is 2.19. The van der Waals surface area contributed by atoms with E-state index in [9.17, 15) is 8.42 Å². The molecule has 19 heavy (non-hydrogen) atoms. The third kappa shape index (κ3) is 4.57. The molecule has 5 nitrogen and oxygen atoms in total. The van der Waals surface area contributed by atoms with Crippen molar-refractivity contribution < 1.29 is 13.2 Å². The Labute approximate surface area is 114 Å². The highest BCUT2D eigenvalue weighted by Crippen LogP contribution is 2.19. The zero-order valence-corrected chi connectivity index (χ0v) is 11.9. The summed E-state index contributed by atoms with van der Waals surface area (Å²) in [5.41, 5.74) is 6.20. The van der Waals surface area contributed by atoms with Crippen molar-refractivity contribution in [3.63, 3.8) is 0 Å². The summed E-state index contributed by atoms with van der Waals surface area (Å²) in [6.45, 7) is 6.14. The van der Waals surface area contributed by atoms with Crippen molar-refractivity contribution in [3.8, 4) is 5.75 Å². The number of rotatable bonds is 8. The number of likely N-dealkylation sites (N-methyl/N-ethyl adjacent to an activating group) is 1. The first kappa shape index (κ1) is 15.5. The maximum atomic E-state index is 12.0. The van der Waals surface area contributed by atoms with E-state index in [2.05, 4.69) is 6.58 Å². The molecule has 0 aliphatic heterocycles. The minimum Gasteiger partial charge on any atom is -0.490 e. The molecule has 0 unspecified atom stereocenters. The number of hydrogen-bond donors (Lipinski definition) is 1. The Bertz CT molecular complexity index is 514. The van der Waals surface area contributed by atoms with Crippen LogP contribution in [0.5, 0.6) is 5.75 Å². The van der Waals surface area contributed by atoms with E-state index in [0.717, 1.165) is 0 Å². The van der Waals surface area contributed by atoms with Gasteiger partial charge in [0.15, 0.2) is 0 Å². The van der Waals surface area contributed by atoms with Crippen LogP contribution < -0.4 is 10.5 Å². The van der Waals surface area contributed by atoms with Crippen molar-refractivity contribution in [2.45, 2.75) is 6.92 Å². The molecule has 106 valence electrons. The predicted octanol–water partition coefficient (Wildman–Crippen LogP) is 1.49. The third-order valence-corrected chi connectivity index (χ3v) is 4.47. The van der Waals surface area contributed by atoms with E-state index in [1.54, 1.807) is 37.3 Å². The molecule has 0 aliphatic rings. The lowest BCUT2D eigenvalue weighted by Gasteiger charge is -2.18. The number of nitrogens with two attached hydrogens (primary N) is 1. The van der Waals surface area contributed by atoms with Crippen molar-refractivity contribution in [1.29, 1.82) is 0 Å². The molecule has 1 aromatic rings. The van der Waals surface area contributed by atoms with E-state index in [1.807, 2.05) is 0 Å². The molecule has 0 saturated carbocycles. The van der Waals surface area contributed by atoms with Crippen LogP contribution in [0.4, 0.5) is 5.69 Å². The smallest absolute Gasteiger partial charge is 0.217 e. The number of benzene rings is 1. The lowest BCUT2D eigenvalue weighted by atomic mass is 10.3. The fourth-order valence-electron chi connectivity index (χ4n) is 1.58. The zero-order valence-electron chi connectivity index (χ0n) is 11.1. The molecular formula is C13H20N2O3S. The van der Waals surface area contributed by atoms with Crippen LogP contribution in [-0.4, -0.2) is 38.2 Å². The number of hydrogen-bond acceptors (Lipinski definition) is 4. The summed E-state index contributed by atoms with van der Waals surface area (Å²) in [4.78, 5) is 0. The summed E-state index contributed by atoms with van der Waals surface area (Å²) in [7, 11) is -3.32. The van der Waals surface area contributed by atoms with Crippen LogP contribution in [-0.2, 0) is 10.0 Å². The molecule has 0 atom stereocenters. The number of nitrogen functional groups attached to an aromatic ring is 1. The minimum absolute atomic E-state index is 0.0736. The van der Waals surface area contributed by atoms with Crippen molar-refractivity contribution in [1.82, 2.24) is 4.31 Å². The van der Waals surface area contributed by atoms with Gasteiger partial charge >= 0.3 is 0 Å². The van der Waals surface area contributed by atoms with E-state index >= 15 is 0 Å². The molecule has 0 aromatic heterocycles. The van der Waals surface area contributed by atoms with Crippen LogP contribution in [0.15, 0.2) is 36.9 Å². The second kappa shape index (κ2) is 7.16. The molecule has 0 heterocycles. The van der Waals surface area contributed by atoms with E-state index in [0.29, 0.717) is 24.5 Å². The van der Waals surface area contributed by atoms with Crippen LogP contribution in [0.3, 0.4) is 0 Å². The summed E-state index contributed by atoms with van der Waals surface area (Å²) in [5, 5.41) is 0. The van der Waals surface area contributed by atoms with E-state index < -0.39 is 10.0 Å². The zero-order chi connectivity index (χ0) is 14.3. The molecule has 6 heteroatoms. The molecule has 0 fully saturated rings. The largest absolute Gasteiger partial charge is 0.490 e. The first-order chi connectivity index (χ1) is 9.01. The van der Waals surface area contributed by atoms with Crippen molar-refractivity contribution in [2.75, 3.05) is 31.2 Å². The number of nitrogens with zero attached hydrogens (tertiary/aromatic N) is 1. The van der Waals surface area contributed by atoms with E-state index in [1.165, 1.54) is 4.31 Å². The van der Waals surface area contributed by atoms with Gasteiger partial charge in [0.1, 0.15) is 12.4 Å². The lowest BCUT2D eigenvalue weighted by Crippen LogP contribution is -2.34. The van der Waals surface area contributed by atoms with Gasteiger partial charge in [-0.05, 0) is 12.1 Å². The van der Waals surface area contributed by atoms with Crippen molar-refractivity contribution >= 4 is 15.7 Å². The maximum absolute atomic E-state index is 12.0. The highest BCUT2D eigenvalue weighted by molar-refractivity contribution is 7.89. The average Bonchev–Trinajstić information content (AvgIpc) is 2.38. The lowest BCUT2D eigenvalue weighted by molar-refractivity contribution is 0.338. The molecule has 1 aromatic carbocycles. The van der Waals surface area contributed by atoms with Gasteiger partial charge in [-0.2, -0.15) is 4.31 Å². The highest BCUT2D eigenvalue weighted by atomic mass is 32.2. The molecular weight excluding hydrogens is 264 g/mol. The number of sulfonamides is 1. The van der Waals surface area contributed by atoms with Crippen LogP contribution in [0, 0.1) is 0 Å². The van der Waals surface area contributed by atoms with Crippen LogP contribution in [0.2, 0.25) is 0 Å². The quantitative estimate of drug-likeness (QED) is 0.580. The van der Waals surface area contributed by atoms with Gasteiger partial charge in [0.05, 0.1) is 11.4 Å². The van der Waals surface area contributed by atoms with Crippen molar-refractivity contribution in [3.05, 3.63) is 36.9 Å². The van der Waals surface area contributed by atoms with Gasteiger partial charge in [-0.1, -0.05) is 25.1 Å². The summed E-state index contributed by atoms with van der Waals surface area (Å²) < 4.78 is 30.7. The average molecular weight is 284 g/mol. The second-order valence-electron chi connectivity index (χ2n) is 3.94. The molecule has 0 amide bonds. The molecule has 0 spiro atoms. The maximum Gasteiger partial charge on any atom is 0.217 e. The van der Waals surface area contributed by atoms with Crippen molar-refractivity contribution in [2.24, 2.45) is 0 Å². The molecule has 0 saturated heterocycles. The van der Waals surface area contributed by atoms with E-state index in [4.69, 9.17) is 10.5 Å². The summed E-state index contributed by atoms with van der Waals surface area (Å²) in [6, 6.07) is 7.00. The first-order valence-corrected chi connectivity index (χ1v) is 7.68. The van der Waals surface area contributed by atoms with Gasteiger partial charge in [0, 0.05) is 13.1 Å². The SMILES string of the molecule is C=CCN(CC)S(=O)(=O)CCOc1ccccc1N. The Hall–Kier alpha value is -1.53. The second-order valence-corrected chi connectivity index (χ2v) is 6.03. The Balaban J connectivity index is 2.56. The van der Waals surface area contributed by atoms with Gasteiger partial charge in [-0.25, -0.2) is 8.42 Å². The molecule has 1 rings (SSSR count). The standard InChI is InChI=1S/C13H20N2O3S/c1-3-9-15(4-2)19(16,17)11-10-18-13-8-6-5-7-12(13)14/h3,5-8H,1,4,9-11,14H2,2H3. The third-order valence-electron chi connectivity index (χ3n) is 2.60. The number of anilines is 1. The fourth-order valence-corrected chi connectivity index (χ4v) is 2.86. The van der Waals surface area contributed by atoms with Gasteiger partial charge in [0.25, 0.3) is 0 Å². The molecule has 0 aliphatic carbocycles. The Morgan fingerprint density at radius 2 is 2.11 bits per heavy atom. The molecule has 2 N–H and O–H groups in total. The fraction of sp³-hybridized carbons (Fsp3) is 0.385. The minimum atomic E-state index is -3.32. The van der Waals surface area contributed by atoms with Gasteiger partial charge < -0.3 is 10.5 Å².